The summed E-state index contributed by atoms with van der Waals surface area (Å²) in [5, 5.41) is 11.0. The number of amides is 2. The van der Waals surface area contributed by atoms with Crippen LogP contribution in [0.25, 0.3) is 0 Å². The van der Waals surface area contributed by atoms with Gasteiger partial charge in [-0.2, -0.15) is 0 Å². The molecular formula is C3H5Br3N2O2. The maximum Gasteiger partial charge on any atom is 0.314 e. The molecule has 2 amide bonds. The van der Waals surface area contributed by atoms with Crippen molar-refractivity contribution in [2.45, 2.75) is 8.37 Å². The van der Waals surface area contributed by atoms with Gasteiger partial charge in [-0.3, -0.25) is 0 Å². The number of hydrogen-bond donors (Lipinski definition) is 3. The first-order chi connectivity index (χ1) is 4.34. The second kappa shape index (κ2) is 3.89. The predicted octanol–water partition coefficient (Wildman–Crippen LogP) is 0.812. The van der Waals surface area contributed by atoms with Crippen molar-refractivity contribution in [3.8, 4) is 0 Å². The molecule has 0 radical (unpaired) electrons. The van der Waals surface area contributed by atoms with Crippen molar-refractivity contribution in [1.29, 1.82) is 0 Å². The summed E-state index contributed by atoms with van der Waals surface area (Å²) >= 11 is 8.96. The van der Waals surface area contributed by atoms with E-state index in [0.717, 1.165) is 0 Å². The van der Waals surface area contributed by atoms with Gasteiger partial charge in [-0.15, -0.1) is 0 Å². The zero-order chi connectivity index (χ0) is 8.36. The van der Waals surface area contributed by atoms with Crippen LogP contribution < -0.4 is 11.1 Å². The molecule has 0 heterocycles. The number of rotatable bonds is 1. The van der Waals surface area contributed by atoms with Crippen LogP contribution in [0.15, 0.2) is 0 Å². The van der Waals surface area contributed by atoms with E-state index < -0.39 is 14.4 Å². The van der Waals surface area contributed by atoms with Crippen LogP contribution in [0.4, 0.5) is 4.79 Å². The third-order valence-corrected chi connectivity index (χ3v) is 1.89. The number of alkyl halides is 3. The van der Waals surface area contributed by atoms with E-state index in [2.05, 4.69) is 47.8 Å². The fraction of sp³-hybridized carbons (Fsp3) is 0.667. The summed E-state index contributed by atoms with van der Waals surface area (Å²) < 4.78 is -0.929. The number of nitrogens with one attached hydrogen (secondary N) is 1. The number of hydrogen-bond acceptors (Lipinski definition) is 2. The smallest absolute Gasteiger partial charge is 0.314 e. The van der Waals surface area contributed by atoms with Crippen LogP contribution in [0.1, 0.15) is 0 Å². The van der Waals surface area contributed by atoms with Crippen LogP contribution in [-0.2, 0) is 0 Å². The molecular weight excluding hydrogens is 336 g/mol. The molecule has 60 valence electrons. The first kappa shape index (κ1) is 10.7. The van der Waals surface area contributed by atoms with E-state index in [4.69, 9.17) is 10.8 Å². The van der Waals surface area contributed by atoms with E-state index >= 15 is 0 Å². The minimum Gasteiger partial charge on any atom is -0.370 e. The van der Waals surface area contributed by atoms with Gasteiger partial charge in [-0.05, 0) is 0 Å². The van der Waals surface area contributed by atoms with Gasteiger partial charge in [0.2, 0.25) is 0 Å². The first-order valence-electron chi connectivity index (χ1n) is 2.15. The molecule has 0 aliphatic rings. The van der Waals surface area contributed by atoms with Crippen LogP contribution in [0.5, 0.6) is 0 Å². The van der Waals surface area contributed by atoms with Gasteiger partial charge in [0.15, 0.2) is 8.37 Å². The monoisotopic (exact) mass is 338 g/mol. The molecule has 0 aromatic rings. The summed E-state index contributed by atoms with van der Waals surface area (Å²) in [6.45, 7) is 0. The molecule has 4 nitrogen and oxygen atoms in total. The molecule has 0 saturated heterocycles. The number of aliphatic hydroxyl groups excluding tert-OH is 1. The highest BCUT2D eigenvalue weighted by molar-refractivity contribution is 9.39. The standard InChI is InChI=1S/C3H5Br3N2O2/c4-3(5,6)1(9)8-2(7)10/h1,9H,(H3,7,8,10)/t1-/m1/s1. The number of aliphatic hydroxyl groups is 1. The lowest BCUT2D eigenvalue weighted by molar-refractivity contribution is 0.156. The molecule has 0 spiro atoms. The summed E-state index contributed by atoms with van der Waals surface area (Å²) in [5.74, 6) is 0. The van der Waals surface area contributed by atoms with Crippen molar-refractivity contribution in [1.82, 2.24) is 5.32 Å². The molecule has 0 fully saturated rings. The Morgan fingerprint density at radius 2 is 2.00 bits per heavy atom. The van der Waals surface area contributed by atoms with Gasteiger partial charge in [0, 0.05) is 0 Å². The van der Waals surface area contributed by atoms with Crippen LogP contribution in [0.2, 0.25) is 0 Å². The average molecular weight is 341 g/mol. The number of carbonyl (C=O) groups is 1. The SMILES string of the molecule is NC(=O)N[C@H](O)C(Br)(Br)Br. The molecule has 0 unspecified atom stereocenters. The average Bonchev–Trinajstić information content (AvgIpc) is 1.60. The normalized spacial score (nSPS) is 14.4. The van der Waals surface area contributed by atoms with Gasteiger partial charge in [0.05, 0.1) is 0 Å². The molecule has 0 aromatic carbocycles. The van der Waals surface area contributed by atoms with Crippen LogP contribution >= 0.6 is 47.8 Å². The molecule has 0 saturated carbocycles. The minimum atomic E-state index is -1.13. The highest BCUT2D eigenvalue weighted by Gasteiger charge is 2.29. The van der Waals surface area contributed by atoms with E-state index in [-0.39, 0.29) is 0 Å². The summed E-state index contributed by atoms with van der Waals surface area (Å²) in [6, 6.07) is -0.796. The Hall–Kier alpha value is 0.670. The van der Waals surface area contributed by atoms with Crippen molar-refractivity contribution in [2.75, 3.05) is 0 Å². The topological polar surface area (TPSA) is 75.4 Å². The van der Waals surface area contributed by atoms with E-state index in [1.54, 1.807) is 0 Å². The first-order valence-corrected chi connectivity index (χ1v) is 4.52. The minimum absolute atomic E-state index is 0.796. The predicted molar refractivity (Wildman–Crippen MR) is 48.2 cm³/mol. The lowest BCUT2D eigenvalue weighted by Crippen LogP contribution is -2.45. The Morgan fingerprint density at radius 3 is 2.10 bits per heavy atom. The maximum absolute atomic E-state index is 10.1. The fourth-order valence-electron chi connectivity index (χ4n) is 0.217. The van der Waals surface area contributed by atoms with Gasteiger partial charge < -0.3 is 16.2 Å². The maximum atomic E-state index is 10.1. The highest BCUT2D eigenvalue weighted by Crippen LogP contribution is 2.35. The van der Waals surface area contributed by atoms with Crippen molar-refractivity contribution in [2.24, 2.45) is 5.73 Å². The Bertz CT molecular complexity index is 134. The van der Waals surface area contributed by atoms with Crippen molar-refractivity contribution < 1.29 is 9.90 Å². The number of halogens is 3. The molecule has 1 atom stereocenters. The lowest BCUT2D eigenvalue weighted by Gasteiger charge is -2.19. The Morgan fingerprint density at radius 1 is 1.60 bits per heavy atom. The molecule has 10 heavy (non-hydrogen) atoms. The van der Waals surface area contributed by atoms with E-state index in [1.807, 2.05) is 5.32 Å². The van der Waals surface area contributed by atoms with Gasteiger partial charge in [0.25, 0.3) is 0 Å². The summed E-state index contributed by atoms with van der Waals surface area (Å²) in [4.78, 5) is 10.1. The number of urea groups is 1. The zero-order valence-electron chi connectivity index (χ0n) is 4.64. The quantitative estimate of drug-likeness (QED) is 0.488. The molecule has 0 rings (SSSR count). The summed E-state index contributed by atoms with van der Waals surface area (Å²) in [6.07, 6.45) is -1.13. The van der Waals surface area contributed by atoms with E-state index in [1.165, 1.54) is 0 Å². The second-order valence-electron chi connectivity index (χ2n) is 1.45. The Balaban J connectivity index is 3.85. The largest absolute Gasteiger partial charge is 0.370 e. The van der Waals surface area contributed by atoms with Crippen LogP contribution in [-0.4, -0.2) is 19.5 Å². The van der Waals surface area contributed by atoms with E-state index in [0.29, 0.717) is 0 Å². The Labute approximate surface area is 82.9 Å². The fourth-order valence-corrected chi connectivity index (χ4v) is 0.560. The third kappa shape index (κ3) is 4.48. The summed E-state index contributed by atoms with van der Waals surface area (Å²) in [7, 11) is 0. The second-order valence-corrected chi connectivity index (χ2v) is 8.40. The molecule has 4 N–H and O–H groups in total. The third-order valence-electron chi connectivity index (χ3n) is 0.589. The van der Waals surface area contributed by atoms with Crippen molar-refractivity contribution in [3.05, 3.63) is 0 Å². The highest BCUT2D eigenvalue weighted by atomic mass is 80.0. The van der Waals surface area contributed by atoms with Crippen molar-refractivity contribution >= 4 is 53.8 Å². The molecule has 0 bridgehead atoms. The molecule has 0 aromatic heterocycles. The van der Waals surface area contributed by atoms with Gasteiger partial charge in [-0.25, -0.2) is 4.79 Å². The van der Waals surface area contributed by atoms with Gasteiger partial charge in [0.1, 0.15) is 0 Å². The van der Waals surface area contributed by atoms with E-state index in [9.17, 15) is 4.79 Å². The van der Waals surface area contributed by atoms with Gasteiger partial charge in [-0.1, -0.05) is 47.8 Å². The van der Waals surface area contributed by atoms with Crippen LogP contribution in [0, 0.1) is 0 Å². The zero-order valence-corrected chi connectivity index (χ0v) is 9.40. The number of carbonyl (C=O) groups excluding carboxylic acids is 1. The molecule has 0 aliphatic heterocycles. The Kier molecular flexibility index (Phi) is 4.15. The number of primary amides is 1. The number of nitrogens with two attached hydrogens (primary N) is 1. The van der Waals surface area contributed by atoms with Gasteiger partial charge >= 0.3 is 6.03 Å². The summed E-state index contributed by atoms with van der Waals surface area (Å²) in [5.41, 5.74) is 4.72. The molecule has 0 aliphatic carbocycles. The lowest BCUT2D eigenvalue weighted by atomic mass is 10.6. The molecule has 7 heteroatoms. The van der Waals surface area contributed by atoms with Crippen molar-refractivity contribution in [3.63, 3.8) is 0 Å². The van der Waals surface area contributed by atoms with Crippen LogP contribution in [0.3, 0.4) is 0 Å².